The average molecular weight is 165 g/mol. The van der Waals surface area contributed by atoms with Gasteiger partial charge in [0.15, 0.2) is 0 Å². The van der Waals surface area contributed by atoms with Gasteiger partial charge in [-0.25, -0.2) is 0 Å². The first-order chi connectivity index (χ1) is 5.70. The molecule has 2 atom stereocenters. The molecular formula is C9H11NO2. The molecule has 2 rings (SSSR count). The fourth-order valence-corrected chi connectivity index (χ4v) is 1.65. The Morgan fingerprint density at radius 3 is 2.92 bits per heavy atom. The maximum atomic E-state index is 10.6. The van der Waals surface area contributed by atoms with Crippen LogP contribution in [0.1, 0.15) is 18.0 Å². The maximum Gasteiger partial charge on any atom is 0.307 e. The summed E-state index contributed by atoms with van der Waals surface area (Å²) in [5, 5.41) is 8.70. The Morgan fingerprint density at radius 2 is 2.50 bits per heavy atom. The minimum absolute atomic E-state index is 0.140. The second kappa shape index (κ2) is 2.37. The second-order valence-electron chi connectivity index (χ2n) is 3.33. The lowest BCUT2D eigenvalue weighted by Crippen LogP contribution is -2.01. The summed E-state index contributed by atoms with van der Waals surface area (Å²) in [6.07, 6.45) is 2.75. The summed E-state index contributed by atoms with van der Waals surface area (Å²) >= 11 is 0. The van der Waals surface area contributed by atoms with Crippen molar-refractivity contribution in [3.63, 3.8) is 0 Å². The number of aliphatic carboxylic acids is 1. The molecule has 64 valence electrons. The highest BCUT2D eigenvalue weighted by Crippen LogP contribution is 2.47. The van der Waals surface area contributed by atoms with Crippen LogP contribution in [0.25, 0.3) is 0 Å². The predicted octanol–water partition coefficient (Wildman–Crippen LogP) is 1.21. The highest BCUT2D eigenvalue weighted by molar-refractivity contribution is 5.75. The second-order valence-corrected chi connectivity index (χ2v) is 3.33. The monoisotopic (exact) mass is 165 g/mol. The predicted molar refractivity (Wildman–Crippen MR) is 43.9 cm³/mol. The Morgan fingerprint density at radius 1 is 1.75 bits per heavy atom. The number of carboxylic acid groups (broad SMARTS) is 1. The Balaban J connectivity index is 2.15. The largest absolute Gasteiger partial charge is 0.481 e. The number of carbonyl (C=O) groups is 1. The lowest BCUT2D eigenvalue weighted by atomic mass is 10.2. The van der Waals surface area contributed by atoms with Gasteiger partial charge in [0, 0.05) is 24.9 Å². The van der Waals surface area contributed by atoms with E-state index in [1.807, 2.05) is 29.9 Å². The van der Waals surface area contributed by atoms with Gasteiger partial charge in [-0.15, -0.1) is 0 Å². The third-order valence-electron chi connectivity index (χ3n) is 2.47. The summed E-state index contributed by atoms with van der Waals surface area (Å²) in [5.41, 5.74) is 1.14. The van der Waals surface area contributed by atoms with Crippen molar-refractivity contribution < 1.29 is 9.90 Å². The van der Waals surface area contributed by atoms with Crippen LogP contribution in [0.4, 0.5) is 0 Å². The molecule has 0 saturated heterocycles. The first-order valence-corrected chi connectivity index (χ1v) is 4.04. The molecule has 1 fully saturated rings. The number of rotatable bonds is 2. The van der Waals surface area contributed by atoms with Crippen molar-refractivity contribution in [2.24, 2.45) is 13.0 Å². The van der Waals surface area contributed by atoms with Crippen LogP contribution in [0.5, 0.6) is 0 Å². The van der Waals surface area contributed by atoms with Gasteiger partial charge in [-0.3, -0.25) is 4.79 Å². The highest BCUT2D eigenvalue weighted by atomic mass is 16.4. The number of carboxylic acids is 1. The van der Waals surface area contributed by atoms with E-state index in [-0.39, 0.29) is 11.8 Å². The van der Waals surface area contributed by atoms with Crippen LogP contribution in [0, 0.1) is 5.92 Å². The van der Waals surface area contributed by atoms with E-state index in [0.29, 0.717) is 0 Å². The molecule has 1 heterocycles. The molecule has 0 spiro atoms. The fourth-order valence-electron chi connectivity index (χ4n) is 1.65. The van der Waals surface area contributed by atoms with Crippen molar-refractivity contribution in [3.8, 4) is 0 Å². The van der Waals surface area contributed by atoms with Gasteiger partial charge in [-0.1, -0.05) is 0 Å². The maximum absolute atomic E-state index is 10.6. The van der Waals surface area contributed by atoms with Gasteiger partial charge >= 0.3 is 5.97 Å². The SMILES string of the molecule is Cn1cccc1C1CC1C(=O)O. The van der Waals surface area contributed by atoms with Crippen molar-refractivity contribution >= 4 is 5.97 Å². The molecule has 1 aliphatic rings. The number of hydrogen-bond acceptors (Lipinski definition) is 1. The van der Waals surface area contributed by atoms with E-state index >= 15 is 0 Å². The first-order valence-electron chi connectivity index (χ1n) is 4.04. The molecule has 1 saturated carbocycles. The molecule has 1 aromatic heterocycles. The van der Waals surface area contributed by atoms with E-state index in [9.17, 15) is 4.79 Å². The number of aromatic nitrogens is 1. The summed E-state index contributed by atoms with van der Waals surface area (Å²) in [5.74, 6) is -0.553. The van der Waals surface area contributed by atoms with Crippen molar-refractivity contribution in [2.45, 2.75) is 12.3 Å². The van der Waals surface area contributed by atoms with Crippen LogP contribution < -0.4 is 0 Å². The fraction of sp³-hybridized carbons (Fsp3) is 0.444. The minimum Gasteiger partial charge on any atom is -0.481 e. The van der Waals surface area contributed by atoms with Crippen molar-refractivity contribution in [1.82, 2.24) is 4.57 Å². The lowest BCUT2D eigenvalue weighted by Gasteiger charge is -1.99. The third-order valence-corrected chi connectivity index (χ3v) is 2.47. The smallest absolute Gasteiger partial charge is 0.307 e. The van der Waals surface area contributed by atoms with Gasteiger partial charge < -0.3 is 9.67 Å². The summed E-state index contributed by atoms with van der Waals surface area (Å²) in [6, 6.07) is 3.94. The molecule has 0 aliphatic heterocycles. The molecule has 1 aromatic rings. The summed E-state index contributed by atoms with van der Waals surface area (Å²) in [7, 11) is 1.95. The van der Waals surface area contributed by atoms with E-state index in [2.05, 4.69) is 0 Å². The quantitative estimate of drug-likeness (QED) is 0.715. The van der Waals surface area contributed by atoms with Crippen molar-refractivity contribution in [3.05, 3.63) is 24.0 Å². The molecule has 3 heteroatoms. The molecule has 3 nitrogen and oxygen atoms in total. The number of nitrogens with zero attached hydrogens (tertiary/aromatic N) is 1. The molecule has 12 heavy (non-hydrogen) atoms. The topological polar surface area (TPSA) is 42.2 Å². The van der Waals surface area contributed by atoms with Crippen molar-refractivity contribution in [1.29, 1.82) is 0 Å². The zero-order valence-corrected chi connectivity index (χ0v) is 6.90. The van der Waals surface area contributed by atoms with Crippen LogP contribution in [0.2, 0.25) is 0 Å². The van der Waals surface area contributed by atoms with E-state index in [4.69, 9.17) is 5.11 Å². The summed E-state index contributed by atoms with van der Waals surface area (Å²) in [6.45, 7) is 0. The minimum atomic E-state index is -0.666. The van der Waals surface area contributed by atoms with Crippen LogP contribution in [-0.4, -0.2) is 15.6 Å². The van der Waals surface area contributed by atoms with E-state index in [1.54, 1.807) is 0 Å². The van der Waals surface area contributed by atoms with Crippen molar-refractivity contribution in [2.75, 3.05) is 0 Å². The molecule has 0 aromatic carbocycles. The standard InChI is InChI=1S/C9H11NO2/c1-10-4-2-3-8(10)6-5-7(6)9(11)12/h2-4,6-7H,5H2,1H3,(H,11,12). The van der Waals surface area contributed by atoms with Crippen LogP contribution in [0.3, 0.4) is 0 Å². The Hall–Kier alpha value is -1.25. The lowest BCUT2D eigenvalue weighted by molar-refractivity contribution is -0.138. The highest BCUT2D eigenvalue weighted by Gasteiger charge is 2.45. The van der Waals surface area contributed by atoms with Crippen LogP contribution >= 0.6 is 0 Å². The average Bonchev–Trinajstić information content (AvgIpc) is 2.70. The zero-order chi connectivity index (χ0) is 8.72. The zero-order valence-electron chi connectivity index (χ0n) is 6.90. The number of aryl methyl sites for hydroxylation is 1. The van der Waals surface area contributed by atoms with Crippen LogP contribution in [-0.2, 0) is 11.8 Å². The molecular weight excluding hydrogens is 154 g/mol. The van der Waals surface area contributed by atoms with Gasteiger partial charge in [0.25, 0.3) is 0 Å². The first kappa shape index (κ1) is 7.40. The summed E-state index contributed by atoms with van der Waals surface area (Å²) in [4.78, 5) is 10.6. The summed E-state index contributed by atoms with van der Waals surface area (Å²) < 4.78 is 1.99. The van der Waals surface area contributed by atoms with Crippen LogP contribution in [0.15, 0.2) is 18.3 Å². The van der Waals surface area contributed by atoms with Gasteiger partial charge in [-0.2, -0.15) is 0 Å². The van der Waals surface area contributed by atoms with Gasteiger partial charge in [0.05, 0.1) is 5.92 Å². The third kappa shape index (κ3) is 1.02. The molecule has 2 unspecified atom stereocenters. The normalized spacial score (nSPS) is 27.1. The molecule has 0 amide bonds. The van der Waals surface area contributed by atoms with E-state index < -0.39 is 5.97 Å². The molecule has 0 radical (unpaired) electrons. The van der Waals surface area contributed by atoms with E-state index in [0.717, 1.165) is 12.1 Å². The Labute approximate surface area is 70.6 Å². The number of hydrogen-bond donors (Lipinski definition) is 1. The molecule has 1 aliphatic carbocycles. The Kier molecular flexibility index (Phi) is 1.46. The van der Waals surface area contributed by atoms with E-state index in [1.165, 1.54) is 0 Å². The Bertz CT molecular complexity index is 316. The molecule has 0 bridgehead atoms. The molecule has 1 N–H and O–H groups in total. The van der Waals surface area contributed by atoms with Gasteiger partial charge in [0.2, 0.25) is 0 Å². The van der Waals surface area contributed by atoms with Gasteiger partial charge in [0.1, 0.15) is 0 Å². The van der Waals surface area contributed by atoms with Gasteiger partial charge in [-0.05, 0) is 18.6 Å².